The summed E-state index contributed by atoms with van der Waals surface area (Å²) in [5.74, 6) is 0.0286. The molecule has 3 amide bonds. The van der Waals surface area contributed by atoms with E-state index in [2.05, 4.69) is 20.3 Å². The Bertz CT molecular complexity index is 2140. The Morgan fingerprint density at radius 1 is 0.982 bits per heavy atom. The number of carbonyl (C=O) groups excluding carboxylic acids is 4. The first-order chi connectivity index (χ1) is 26.7. The van der Waals surface area contributed by atoms with Crippen LogP contribution in [0.1, 0.15) is 86.2 Å². The maximum Gasteiger partial charge on any atom is 0.340 e. The number of aromatic nitrogens is 2. The molecule has 1 fully saturated rings. The van der Waals surface area contributed by atoms with Gasteiger partial charge in [0.05, 0.1) is 31.3 Å². The molecule has 0 unspecified atom stereocenters. The van der Waals surface area contributed by atoms with E-state index in [0.29, 0.717) is 66.6 Å². The molecule has 17 heteroatoms. The van der Waals surface area contributed by atoms with Crippen molar-refractivity contribution in [3.63, 3.8) is 0 Å². The Morgan fingerprint density at radius 3 is 2.45 bits per heavy atom. The van der Waals surface area contributed by atoms with Crippen LogP contribution in [0.3, 0.4) is 0 Å². The molecule has 1 spiro atoms. The number of aliphatic hydroxyl groups is 1. The highest BCUT2D eigenvalue weighted by Gasteiger charge is 2.54. The van der Waals surface area contributed by atoms with Crippen LogP contribution in [-0.2, 0) is 19.9 Å². The molecular weight excluding hydrogens is 733 g/mol. The molecule has 55 heavy (non-hydrogen) atoms. The number of nitrogens with zero attached hydrogens (tertiary/aromatic N) is 3. The number of esters is 1. The lowest BCUT2D eigenvalue weighted by atomic mass is 9.77. The van der Waals surface area contributed by atoms with Crippen molar-refractivity contribution in [1.82, 2.24) is 24.5 Å². The highest BCUT2D eigenvalue weighted by molar-refractivity contribution is 7.97. The van der Waals surface area contributed by atoms with Crippen LogP contribution in [0.25, 0.3) is 0 Å². The number of fused-ring (bicyclic) bond motifs is 7. The third-order valence-corrected chi connectivity index (χ3v) is 10.9. The van der Waals surface area contributed by atoms with E-state index in [9.17, 15) is 34.5 Å². The molecule has 3 aromatic carbocycles. The van der Waals surface area contributed by atoms with Gasteiger partial charge in [-0.05, 0) is 74.0 Å². The molecule has 1 saturated heterocycles. The van der Waals surface area contributed by atoms with Gasteiger partial charge in [-0.15, -0.1) is 0 Å². The molecule has 6 N–H and O–H groups in total. The number of hydrogen-bond acceptors (Lipinski definition) is 13. The Labute approximate surface area is 318 Å². The van der Waals surface area contributed by atoms with Crippen LogP contribution in [0.2, 0.25) is 0 Å². The first kappa shape index (κ1) is 36.2. The predicted molar refractivity (Wildman–Crippen MR) is 197 cm³/mol. The number of benzene rings is 3. The van der Waals surface area contributed by atoms with Gasteiger partial charge in [0.2, 0.25) is 5.91 Å². The van der Waals surface area contributed by atoms with E-state index < -0.39 is 17.5 Å². The normalized spacial score (nSPS) is 18.7. The van der Waals surface area contributed by atoms with Gasteiger partial charge >= 0.3 is 5.97 Å². The summed E-state index contributed by atoms with van der Waals surface area (Å²) >= 11 is 1.12. The van der Waals surface area contributed by atoms with Crippen LogP contribution >= 0.6 is 11.9 Å². The number of carbonyl (C=O) groups is 4. The van der Waals surface area contributed by atoms with E-state index in [0.717, 1.165) is 24.8 Å². The predicted octanol–water partition coefficient (Wildman–Crippen LogP) is 3.72. The topological polar surface area (TPSA) is 214 Å². The van der Waals surface area contributed by atoms with Gasteiger partial charge in [0.25, 0.3) is 11.8 Å². The van der Waals surface area contributed by atoms with Gasteiger partial charge < -0.3 is 45.1 Å². The number of aliphatic hydroxyl groups excluding tert-OH is 1. The lowest BCUT2D eigenvalue weighted by Crippen LogP contribution is -2.41. The average molecular weight is 771 g/mol. The summed E-state index contributed by atoms with van der Waals surface area (Å²) in [4.78, 5) is 57.9. The van der Waals surface area contributed by atoms with Crippen LogP contribution in [0.5, 0.6) is 23.0 Å². The van der Waals surface area contributed by atoms with E-state index in [1.54, 1.807) is 35.5 Å². The van der Waals surface area contributed by atoms with Crippen molar-refractivity contribution in [1.29, 1.82) is 0 Å². The number of amides is 3. The van der Waals surface area contributed by atoms with Crippen LogP contribution in [-0.4, -0.2) is 91.7 Å². The highest BCUT2D eigenvalue weighted by atomic mass is 32.2. The number of ether oxygens (including phenoxy) is 3. The van der Waals surface area contributed by atoms with Gasteiger partial charge in [0.15, 0.2) is 11.3 Å². The zero-order valence-corrected chi connectivity index (χ0v) is 30.3. The van der Waals surface area contributed by atoms with Crippen LogP contribution in [0.15, 0.2) is 60.9 Å². The minimum atomic E-state index is -1.42. The number of unbranched alkanes of at least 4 members (excludes halogenated alkanes) is 1. The Balaban J connectivity index is 0.790. The van der Waals surface area contributed by atoms with Gasteiger partial charge in [0.1, 0.15) is 35.0 Å². The summed E-state index contributed by atoms with van der Waals surface area (Å²) in [6.07, 6.45) is 4.06. The van der Waals surface area contributed by atoms with E-state index >= 15 is 0 Å². The van der Waals surface area contributed by atoms with Gasteiger partial charge in [-0.3, -0.25) is 23.7 Å². The molecule has 5 heterocycles. The molecule has 0 bridgehead atoms. The number of phenols is 2. The second-order valence-corrected chi connectivity index (χ2v) is 14.5. The molecule has 286 valence electrons. The molecule has 2 atom stereocenters. The zero-order valence-electron chi connectivity index (χ0n) is 29.4. The molecule has 0 saturated carbocycles. The Morgan fingerprint density at radius 2 is 1.73 bits per heavy atom. The standard InChI is InChI=1S/C38H38N6O10S/c45-18-24-7-11-32(52-24)44-20-40-33-34(44)41-19-43(36(33)50)13-2-1-3-31(48)39-12-14-55-42-35(49)21-4-8-26-25(15-21)37(51)54-38(26)27-9-5-22(46)16-29(27)53-30-17-23(47)6-10-28(30)38/h4-6,8-10,15-17,20,24,32,41,45-47H,1-3,7,11-14,18-19H2,(H,39,48)(H,42,49)/t24-,32+/m0/s1. The molecule has 4 aliphatic heterocycles. The lowest BCUT2D eigenvalue weighted by Gasteiger charge is -2.36. The Kier molecular flexibility index (Phi) is 9.75. The number of aromatic hydroxyl groups is 2. The van der Waals surface area contributed by atoms with Gasteiger partial charge in [-0.25, -0.2) is 9.78 Å². The largest absolute Gasteiger partial charge is 0.508 e. The maximum atomic E-state index is 13.4. The number of imidazole rings is 1. The van der Waals surface area contributed by atoms with Crippen molar-refractivity contribution >= 4 is 41.5 Å². The van der Waals surface area contributed by atoms with Gasteiger partial charge in [-0.2, -0.15) is 0 Å². The summed E-state index contributed by atoms with van der Waals surface area (Å²) in [5, 5.41) is 35.7. The first-order valence-corrected chi connectivity index (χ1v) is 18.9. The Hall–Kier alpha value is -5.78. The van der Waals surface area contributed by atoms with E-state index in [1.165, 1.54) is 30.3 Å². The van der Waals surface area contributed by atoms with E-state index in [4.69, 9.17) is 14.2 Å². The fourth-order valence-corrected chi connectivity index (χ4v) is 8.00. The second-order valence-electron chi connectivity index (χ2n) is 13.6. The highest BCUT2D eigenvalue weighted by Crippen LogP contribution is 2.57. The first-order valence-electron chi connectivity index (χ1n) is 17.9. The zero-order chi connectivity index (χ0) is 38.3. The molecule has 4 aliphatic rings. The third kappa shape index (κ3) is 6.68. The number of phenolic OH excluding ortho intramolecular Hbond substituents is 2. The summed E-state index contributed by atoms with van der Waals surface area (Å²) in [5.41, 5.74) is 0.784. The number of rotatable bonds is 12. The van der Waals surface area contributed by atoms with Gasteiger partial charge in [-0.1, -0.05) is 6.07 Å². The van der Waals surface area contributed by atoms with Crippen LogP contribution in [0.4, 0.5) is 5.82 Å². The van der Waals surface area contributed by atoms with Crippen molar-refractivity contribution in [2.45, 2.75) is 50.0 Å². The number of anilines is 1. The summed E-state index contributed by atoms with van der Waals surface area (Å²) in [6, 6.07) is 13.7. The van der Waals surface area contributed by atoms with Crippen molar-refractivity contribution in [3.05, 3.63) is 94.4 Å². The molecule has 1 aromatic heterocycles. The molecule has 16 nitrogen and oxygen atoms in total. The van der Waals surface area contributed by atoms with Crippen molar-refractivity contribution in [2.75, 3.05) is 37.4 Å². The lowest BCUT2D eigenvalue weighted by molar-refractivity contribution is -0.121. The summed E-state index contributed by atoms with van der Waals surface area (Å²) < 4.78 is 22.4. The van der Waals surface area contributed by atoms with Crippen molar-refractivity contribution < 1.29 is 48.7 Å². The second kappa shape index (κ2) is 14.8. The molecular formula is C38H38N6O10S. The monoisotopic (exact) mass is 770 g/mol. The minimum absolute atomic E-state index is 0.0449. The van der Waals surface area contributed by atoms with Crippen LogP contribution < -0.4 is 20.1 Å². The van der Waals surface area contributed by atoms with Crippen molar-refractivity contribution in [3.8, 4) is 23.0 Å². The molecule has 4 aromatic rings. The maximum absolute atomic E-state index is 13.4. The molecule has 8 rings (SSSR count). The van der Waals surface area contributed by atoms with E-state index in [1.807, 2.05) is 4.57 Å². The minimum Gasteiger partial charge on any atom is -0.508 e. The third-order valence-electron chi connectivity index (χ3n) is 10.1. The summed E-state index contributed by atoms with van der Waals surface area (Å²) in [7, 11) is 0. The number of hydrogen-bond donors (Lipinski definition) is 6. The van der Waals surface area contributed by atoms with E-state index in [-0.39, 0.29) is 71.3 Å². The molecule has 0 aliphatic carbocycles. The average Bonchev–Trinajstić information content (AvgIpc) is 3.90. The number of nitrogens with one attached hydrogen (secondary N) is 3. The fraction of sp³-hybridized carbons (Fsp3) is 0.342. The van der Waals surface area contributed by atoms with Crippen LogP contribution in [0, 0.1) is 0 Å². The smallest absolute Gasteiger partial charge is 0.340 e. The quantitative estimate of drug-likeness (QED) is 0.0690. The van der Waals surface area contributed by atoms with Crippen molar-refractivity contribution in [2.24, 2.45) is 0 Å². The fourth-order valence-electron chi connectivity index (χ4n) is 7.45. The SMILES string of the molecule is O=C(CCCCN1CNc2c(ncn2[C@H]2CC[C@@H](CO)O2)C1=O)NCCSNC(=O)c1ccc2c(c1)C(=O)OC21c2ccc(O)cc2Oc2cc(O)ccc21. The van der Waals surface area contributed by atoms with Gasteiger partial charge in [0, 0.05) is 59.6 Å². The molecule has 0 radical (unpaired) electrons. The summed E-state index contributed by atoms with van der Waals surface area (Å²) in [6.45, 7) is 1.05.